The highest BCUT2D eigenvalue weighted by atomic mass is 16.5. The molecule has 0 saturated heterocycles. The Morgan fingerprint density at radius 3 is 2.39 bits per heavy atom. The van der Waals surface area contributed by atoms with Crippen molar-refractivity contribution in [1.29, 1.82) is 0 Å². The summed E-state index contributed by atoms with van der Waals surface area (Å²) in [6.45, 7) is 3.85. The van der Waals surface area contributed by atoms with Gasteiger partial charge in [0.15, 0.2) is 12.4 Å². The monoisotopic (exact) mass is 437 g/mol. The van der Waals surface area contributed by atoms with Crippen molar-refractivity contribution in [3.05, 3.63) is 101 Å². The van der Waals surface area contributed by atoms with E-state index >= 15 is 0 Å². The highest BCUT2D eigenvalue weighted by Gasteiger charge is 2.18. The van der Waals surface area contributed by atoms with Gasteiger partial charge in [0.2, 0.25) is 0 Å². The molecule has 33 heavy (non-hydrogen) atoms. The lowest BCUT2D eigenvalue weighted by atomic mass is 10.0. The van der Waals surface area contributed by atoms with Crippen molar-refractivity contribution in [2.45, 2.75) is 33.1 Å². The number of hydrogen-bond acceptors (Lipinski definition) is 4. The van der Waals surface area contributed by atoms with Crippen molar-refractivity contribution in [3.8, 4) is 11.3 Å². The van der Waals surface area contributed by atoms with Crippen LogP contribution in [0.4, 0.5) is 0 Å². The lowest BCUT2D eigenvalue weighted by Crippen LogP contribution is -2.15. The zero-order valence-corrected chi connectivity index (χ0v) is 19.0. The molecule has 0 aliphatic heterocycles. The number of carbonyl (C=O) groups is 2. The van der Waals surface area contributed by atoms with Crippen LogP contribution in [0, 0.1) is 6.92 Å². The molecule has 0 amide bonds. The molecule has 0 atom stereocenters. The zero-order valence-electron chi connectivity index (χ0n) is 19.0. The van der Waals surface area contributed by atoms with Crippen LogP contribution in [-0.2, 0) is 11.2 Å². The van der Waals surface area contributed by atoms with Crippen LogP contribution in [0.2, 0.25) is 0 Å². The Morgan fingerprint density at radius 1 is 0.909 bits per heavy atom. The maximum absolute atomic E-state index is 13.1. The summed E-state index contributed by atoms with van der Waals surface area (Å²) in [4.78, 5) is 30.3. The van der Waals surface area contributed by atoms with Gasteiger partial charge >= 0.3 is 5.97 Å². The first-order chi connectivity index (χ1) is 16.1. The molecule has 4 heteroatoms. The van der Waals surface area contributed by atoms with Crippen LogP contribution in [0.3, 0.4) is 0 Å². The van der Waals surface area contributed by atoms with E-state index in [0.717, 1.165) is 41.3 Å². The van der Waals surface area contributed by atoms with E-state index in [9.17, 15) is 9.59 Å². The Bertz CT molecular complexity index is 1280. The van der Waals surface area contributed by atoms with Crippen LogP contribution in [0.1, 0.15) is 51.6 Å². The average molecular weight is 438 g/mol. The molecule has 1 aromatic heterocycles. The van der Waals surface area contributed by atoms with Crippen molar-refractivity contribution < 1.29 is 14.3 Å². The second-order valence-corrected chi connectivity index (χ2v) is 8.19. The number of unbranched alkanes of at least 4 members (excludes halogenated alkanes) is 1. The van der Waals surface area contributed by atoms with Crippen molar-refractivity contribution >= 4 is 22.7 Å². The van der Waals surface area contributed by atoms with Crippen LogP contribution in [0.15, 0.2) is 78.9 Å². The number of ketones is 1. The van der Waals surface area contributed by atoms with Crippen LogP contribution in [0.25, 0.3) is 22.2 Å². The number of aromatic nitrogens is 1. The van der Waals surface area contributed by atoms with Gasteiger partial charge in [0.25, 0.3) is 0 Å². The molecule has 0 fully saturated rings. The van der Waals surface area contributed by atoms with Crippen LogP contribution in [-0.4, -0.2) is 23.3 Å². The lowest BCUT2D eigenvalue weighted by molar-refractivity contribution is 0.0476. The van der Waals surface area contributed by atoms with Crippen molar-refractivity contribution in [1.82, 2.24) is 4.98 Å². The second kappa shape index (κ2) is 10.2. The molecule has 4 nitrogen and oxygen atoms in total. The Balaban J connectivity index is 1.65. The van der Waals surface area contributed by atoms with Gasteiger partial charge in [-0.2, -0.15) is 0 Å². The SMILES string of the molecule is CCCCc1ccc(-c2cc(C(=O)OCC(=O)c3ccccc3)c3cccc(C)c3n2)cc1. The summed E-state index contributed by atoms with van der Waals surface area (Å²) < 4.78 is 5.43. The van der Waals surface area contributed by atoms with E-state index in [1.165, 1.54) is 5.56 Å². The number of esters is 1. The fourth-order valence-electron chi connectivity index (χ4n) is 3.85. The summed E-state index contributed by atoms with van der Waals surface area (Å²) in [7, 11) is 0. The Labute approximate surface area is 194 Å². The smallest absolute Gasteiger partial charge is 0.339 e. The second-order valence-electron chi connectivity index (χ2n) is 8.19. The molecule has 3 aromatic carbocycles. The summed E-state index contributed by atoms with van der Waals surface area (Å²) in [5.41, 5.74) is 5.60. The van der Waals surface area contributed by atoms with E-state index in [2.05, 4.69) is 19.1 Å². The third kappa shape index (κ3) is 5.17. The van der Waals surface area contributed by atoms with Crippen molar-refractivity contribution in [3.63, 3.8) is 0 Å². The van der Waals surface area contributed by atoms with Gasteiger partial charge in [-0.05, 0) is 37.0 Å². The largest absolute Gasteiger partial charge is 0.454 e. The number of pyridine rings is 1. The lowest BCUT2D eigenvalue weighted by Gasteiger charge is -2.12. The zero-order chi connectivity index (χ0) is 23.2. The maximum Gasteiger partial charge on any atom is 0.339 e. The number of carbonyl (C=O) groups excluding carboxylic acids is 2. The predicted molar refractivity (Wildman–Crippen MR) is 132 cm³/mol. The molecule has 0 bridgehead atoms. The molecular formula is C29H27NO3. The fourth-order valence-corrected chi connectivity index (χ4v) is 3.85. The standard InChI is InChI=1S/C29H27NO3/c1-3-4-10-21-14-16-22(17-15-21)26-18-25(24-13-8-9-20(2)28(24)30-26)29(32)33-19-27(31)23-11-6-5-7-12-23/h5-9,11-18H,3-4,10,19H2,1-2H3. The minimum Gasteiger partial charge on any atom is -0.454 e. The number of Topliss-reactive ketones (excluding diaryl/α,β-unsaturated/α-hetero) is 1. The van der Waals surface area contributed by atoms with Gasteiger partial charge in [0, 0.05) is 16.5 Å². The number of nitrogens with zero attached hydrogens (tertiary/aromatic N) is 1. The van der Waals surface area contributed by atoms with Gasteiger partial charge in [0.05, 0.1) is 16.8 Å². The highest BCUT2D eigenvalue weighted by Crippen LogP contribution is 2.28. The third-order valence-electron chi connectivity index (χ3n) is 5.76. The first kappa shape index (κ1) is 22.4. The minimum absolute atomic E-state index is 0.235. The molecular weight excluding hydrogens is 410 g/mol. The summed E-state index contributed by atoms with van der Waals surface area (Å²) in [5, 5.41) is 0.718. The fraction of sp³-hybridized carbons (Fsp3) is 0.207. The molecule has 4 rings (SSSR count). The van der Waals surface area contributed by atoms with E-state index in [-0.39, 0.29) is 12.4 Å². The highest BCUT2D eigenvalue weighted by molar-refractivity contribution is 6.06. The topological polar surface area (TPSA) is 56.3 Å². The van der Waals surface area contributed by atoms with E-state index in [4.69, 9.17) is 9.72 Å². The van der Waals surface area contributed by atoms with Crippen LogP contribution < -0.4 is 0 Å². The Kier molecular flexibility index (Phi) is 6.94. The van der Waals surface area contributed by atoms with E-state index in [1.807, 2.05) is 43.3 Å². The summed E-state index contributed by atoms with van der Waals surface area (Å²) >= 11 is 0. The summed E-state index contributed by atoms with van der Waals surface area (Å²) in [5.74, 6) is -0.764. The molecule has 0 unspecified atom stereocenters. The first-order valence-corrected chi connectivity index (χ1v) is 11.3. The first-order valence-electron chi connectivity index (χ1n) is 11.3. The van der Waals surface area contributed by atoms with Gasteiger partial charge in [0.1, 0.15) is 0 Å². The van der Waals surface area contributed by atoms with E-state index < -0.39 is 5.97 Å². The molecule has 0 N–H and O–H groups in total. The number of fused-ring (bicyclic) bond motifs is 1. The van der Waals surface area contributed by atoms with E-state index in [0.29, 0.717) is 16.8 Å². The van der Waals surface area contributed by atoms with Crippen LogP contribution in [0.5, 0.6) is 0 Å². The maximum atomic E-state index is 13.1. The normalized spacial score (nSPS) is 10.8. The molecule has 0 aliphatic rings. The van der Waals surface area contributed by atoms with Crippen molar-refractivity contribution in [2.75, 3.05) is 6.61 Å². The Hall–Kier alpha value is -3.79. The quantitative estimate of drug-likeness (QED) is 0.230. The van der Waals surface area contributed by atoms with Gasteiger partial charge in [-0.3, -0.25) is 4.79 Å². The van der Waals surface area contributed by atoms with Crippen molar-refractivity contribution in [2.24, 2.45) is 0 Å². The predicted octanol–water partition coefficient (Wildman–Crippen LogP) is 6.59. The molecule has 166 valence electrons. The minimum atomic E-state index is -0.530. The summed E-state index contributed by atoms with van der Waals surface area (Å²) in [6, 6.07) is 24.7. The molecule has 0 aliphatic carbocycles. The number of para-hydroxylation sites is 1. The van der Waals surface area contributed by atoms with Gasteiger partial charge in [-0.25, -0.2) is 9.78 Å². The molecule has 0 radical (unpaired) electrons. The molecule has 0 saturated carbocycles. The number of benzene rings is 3. The van der Waals surface area contributed by atoms with Gasteiger partial charge < -0.3 is 4.74 Å². The number of hydrogen-bond donors (Lipinski definition) is 0. The Morgan fingerprint density at radius 2 is 1.67 bits per heavy atom. The third-order valence-corrected chi connectivity index (χ3v) is 5.76. The summed E-state index contributed by atoms with van der Waals surface area (Å²) in [6.07, 6.45) is 3.37. The average Bonchev–Trinajstić information content (AvgIpc) is 2.86. The number of rotatable bonds is 8. The van der Waals surface area contributed by atoms with Gasteiger partial charge in [-0.15, -0.1) is 0 Å². The molecule has 0 spiro atoms. The number of ether oxygens (including phenoxy) is 1. The molecule has 1 heterocycles. The molecule has 4 aromatic rings. The van der Waals surface area contributed by atoms with E-state index in [1.54, 1.807) is 30.3 Å². The van der Waals surface area contributed by atoms with Crippen LogP contribution >= 0.6 is 0 Å². The number of aryl methyl sites for hydroxylation is 2. The van der Waals surface area contributed by atoms with Gasteiger partial charge in [-0.1, -0.05) is 86.1 Å².